The molecule has 0 saturated heterocycles. The van der Waals surface area contributed by atoms with Crippen molar-refractivity contribution in [2.45, 2.75) is 43.9 Å². The van der Waals surface area contributed by atoms with Gasteiger partial charge in [0.15, 0.2) is 28.8 Å². The van der Waals surface area contributed by atoms with Crippen molar-refractivity contribution in [2.24, 2.45) is 23.5 Å². The van der Waals surface area contributed by atoms with Crippen LogP contribution in [0.15, 0.2) is 36.5 Å². The van der Waals surface area contributed by atoms with E-state index in [1.807, 2.05) is 16.7 Å². The standard InChI is InChI=1S/C21H21ClF2N4O.C11H13F2NO/c1-29-20-15(24)5-4-14(23)18(20)13-9-12(13)10-25-16-6-7-28-17(8-11-2-3-11)26-27-21(28)19(16)22;1-15-11-9(13)3-2-8(12)10(11)7-4-6(7)5-14/h4-7,11-13,25H,2-3,8-10H2,1H3;2-3,6-7H,4-5,14H2,1H3/t12-,13+;6-,7+/m11/s1. The maximum absolute atomic E-state index is 14.3. The number of ether oxygens (including phenoxy) is 2. The topological polar surface area (TPSA) is 86.7 Å². The third-order valence-electron chi connectivity index (χ3n) is 8.80. The van der Waals surface area contributed by atoms with Crippen LogP contribution in [0, 0.1) is 41.0 Å². The van der Waals surface area contributed by atoms with Crippen molar-refractivity contribution in [1.82, 2.24) is 14.6 Å². The van der Waals surface area contributed by atoms with Gasteiger partial charge in [0.2, 0.25) is 0 Å². The highest BCUT2D eigenvalue weighted by Crippen LogP contribution is 2.52. The molecule has 3 aliphatic carbocycles. The van der Waals surface area contributed by atoms with Crippen molar-refractivity contribution >= 4 is 22.9 Å². The van der Waals surface area contributed by atoms with Crippen LogP contribution in [0.2, 0.25) is 5.02 Å². The van der Waals surface area contributed by atoms with Crippen LogP contribution in [0.1, 0.15) is 54.5 Å². The van der Waals surface area contributed by atoms with Gasteiger partial charge in [-0.3, -0.25) is 4.40 Å². The van der Waals surface area contributed by atoms with E-state index in [-0.39, 0.29) is 35.2 Å². The minimum Gasteiger partial charge on any atom is -0.493 e. The number of benzene rings is 2. The first-order valence-electron chi connectivity index (χ1n) is 14.7. The molecule has 2 heterocycles. The molecule has 12 heteroatoms. The summed E-state index contributed by atoms with van der Waals surface area (Å²) in [6, 6.07) is 6.38. The predicted molar refractivity (Wildman–Crippen MR) is 159 cm³/mol. The van der Waals surface area contributed by atoms with Crippen molar-refractivity contribution in [1.29, 1.82) is 0 Å². The zero-order valence-electron chi connectivity index (χ0n) is 24.4. The van der Waals surface area contributed by atoms with Gasteiger partial charge in [-0.25, -0.2) is 17.6 Å². The summed E-state index contributed by atoms with van der Waals surface area (Å²) in [7, 11) is 2.71. The van der Waals surface area contributed by atoms with Crippen LogP contribution in [0.4, 0.5) is 23.2 Å². The average molecular weight is 632 g/mol. The first-order chi connectivity index (χ1) is 21.2. The fourth-order valence-electron chi connectivity index (χ4n) is 5.96. The number of hydrogen-bond acceptors (Lipinski definition) is 6. The summed E-state index contributed by atoms with van der Waals surface area (Å²) < 4.78 is 67.0. The molecule has 4 aromatic rings. The maximum Gasteiger partial charge on any atom is 0.181 e. The molecular weight excluding hydrogens is 598 g/mol. The number of nitrogens with one attached hydrogen (secondary N) is 1. The van der Waals surface area contributed by atoms with E-state index in [2.05, 4.69) is 15.5 Å². The highest BCUT2D eigenvalue weighted by atomic mass is 35.5. The van der Waals surface area contributed by atoms with E-state index in [0.29, 0.717) is 40.8 Å². The molecule has 3 N–H and O–H groups in total. The Labute approximate surface area is 257 Å². The molecule has 3 saturated carbocycles. The number of methoxy groups -OCH3 is 2. The summed E-state index contributed by atoms with van der Waals surface area (Å²) in [5.74, 6) is 0.162. The number of nitrogens with two attached hydrogens (primary N) is 1. The predicted octanol–water partition coefficient (Wildman–Crippen LogP) is 6.87. The van der Waals surface area contributed by atoms with E-state index in [4.69, 9.17) is 26.8 Å². The molecule has 3 fully saturated rings. The van der Waals surface area contributed by atoms with Crippen molar-refractivity contribution in [3.05, 3.63) is 81.8 Å². The Morgan fingerprint density at radius 1 is 0.864 bits per heavy atom. The van der Waals surface area contributed by atoms with Crippen LogP contribution >= 0.6 is 11.6 Å². The minimum atomic E-state index is -0.537. The van der Waals surface area contributed by atoms with E-state index in [9.17, 15) is 17.6 Å². The summed E-state index contributed by atoms with van der Waals surface area (Å²) in [4.78, 5) is 0. The third kappa shape index (κ3) is 6.04. The molecule has 4 atom stereocenters. The van der Waals surface area contributed by atoms with Crippen LogP contribution in [0.3, 0.4) is 0 Å². The molecule has 7 nitrogen and oxygen atoms in total. The van der Waals surface area contributed by atoms with E-state index >= 15 is 0 Å². The lowest BCUT2D eigenvalue weighted by atomic mass is 10.1. The molecule has 3 aliphatic rings. The first-order valence-corrected chi connectivity index (χ1v) is 15.1. The van der Waals surface area contributed by atoms with Gasteiger partial charge in [0, 0.05) is 30.3 Å². The number of hydrogen-bond donors (Lipinski definition) is 2. The summed E-state index contributed by atoms with van der Waals surface area (Å²) in [6.07, 6.45) is 6.94. The molecule has 44 heavy (non-hydrogen) atoms. The summed E-state index contributed by atoms with van der Waals surface area (Å²) >= 11 is 6.54. The van der Waals surface area contributed by atoms with E-state index in [0.717, 1.165) is 55.0 Å². The van der Waals surface area contributed by atoms with Crippen LogP contribution in [-0.4, -0.2) is 41.9 Å². The van der Waals surface area contributed by atoms with E-state index in [1.165, 1.54) is 27.1 Å². The smallest absolute Gasteiger partial charge is 0.181 e. The molecule has 0 radical (unpaired) electrons. The zero-order chi connectivity index (χ0) is 31.1. The molecule has 0 amide bonds. The highest BCUT2D eigenvalue weighted by Gasteiger charge is 2.43. The van der Waals surface area contributed by atoms with Gasteiger partial charge in [0.25, 0.3) is 0 Å². The van der Waals surface area contributed by atoms with Gasteiger partial charge in [-0.1, -0.05) is 11.6 Å². The second-order valence-electron chi connectivity index (χ2n) is 11.8. The van der Waals surface area contributed by atoms with E-state index in [1.54, 1.807) is 0 Å². The molecular formula is C32H34ClF4N5O2. The summed E-state index contributed by atoms with van der Waals surface area (Å²) in [6.45, 7) is 1.10. The second-order valence-corrected chi connectivity index (χ2v) is 12.2. The lowest BCUT2D eigenvalue weighted by Crippen LogP contribution is -2.07. The molecule has 0 bridgehead atoms. The lowest BCUT2D eigenvalue weighted by molar-refractivity contribution is 0.375. The third-order valence-corrected chi connectivity index (χ3v) is 9.17. The van der Waals surface area contributed by atoms with Gasteiger partial charge in [-0.05, 0) is 92.1 Å². The molecule has 0 unspecified atom stereocenters. The number of pyridine rings is 1. The Balaban J connectivity index is 0.000000193. The van der Waals surface area contributed by atoms with Crippen molar-refractivity contribution in [2.75, 3.05) is 32.6 Å². The molecule has 0 spiro atoms. The lowest BCUT2D eigenvalue weighted by Gasteiger charge is -2.12. The number of halogens is 5. The van der Waals surface area contributed by atoms with Crippen LogP contribution < -0.4 is 20.5 Å². The zero-order valence-corrected chi connectivity index (χ0v) is 25.2. The second kappa shape index (κ2) is 12.4. The largest absolute Gasteiger partial charge is 0.493 e. The Kier molecular flexibility index (Phi) is 8.61. The maximum atomic E-state index is 14.3. The van der Waals surface area contributed by atoms with Crippen molar-refractivity contribution < 1.29 is 27.0 Å². The van der Waals surface area contributed by atoms with Gasteiger partial charge in [-0.15, -0.1) is 10.2 Å². The van der Waals surface area contributed by atoms with Gasteiger partial charge in [0.05, 0.1) is 19.9 Å². The number of fused-ring (bicyclic) bond motifs is 1. The van der Waals surface area contributed by atoms with Gasteiger partial charge >= 0.3 is 0 Å². The van der Waals surface area contributed by atoms with Crippen LogP contribution in [0.25, 0.3) is 5.65 Å². The molecule has 7 rings (SSSR count). The van der Waals surface area contributed by atoms with Crippen molar-refractivity contribution in [3.8, 4) is 11.5 Å². The average Bonchev–Trinajstić information content (AvgIpc) is 3.93. The van der Waals surface area contributed by atoms with Gasteiger partial charge in [0.1, 0.15) is 22.5 Å². The van der Waals surface area contributed by atoms with Crippen LogP contribution in [-0.2, 0) is 6.42 Å². The SMILES string of the molecule is COc1c(F)ccc(F)c1[C@H]1C[C@@H]1CN.COc1c(F)ccc(F)c1[C@H]1C[C@@H]1CNc1ccn2c(CC3CC3)nnc2c1Cl. The first kappa shape index (κ1) is 30.5. The fourth-order valence-corrected chi connectivity index (χ4v) is 6.22. The molecule has 2 aromatic heterocycles. The Morgan fingerprint density at radius 2 is 1.43 bits per heavy atom. The number of nitrogens with zero attached hydrogens (tertiary/aromatic N) is 3. The Bertz CT molecular complexity index is 1680. The molecule has 2 aromatic carbocycles. The summed E-state index contributed by atoms with van der Waals surface area (Å²) in [5, 5.41) is 12.4. The van der Waals surface area contributed by atoms with Gasteiger partial charge in [-0.2, -0.15) is 0 Å². The normalized spacial score (nSPS) is 21.9. The van der Waals surface area contributed by atoms with Crippen LogP contribution in [0.5, 0.6) is 11.5 Å². The fraction of sp³-hybridized carbons (Fsp3) is 0.438. The number of aromatic nitrogens is 3. The highest BCUT2D eigenvalue weighted by molar-refractivity contribution is 6.36. The van der Waals surface area contributed by atoms with Gasteiger partial charge < -0.3 is 20.5 Å². The quantitative estimate of drug-likeness (QED) is 0.186. The van der Waals surface area contributed by atoms with E-state index < -0.39 is 23.3 Å². The Hall–Kier alpha value is -3.57. The minimum absolute atomic E-state index is 0.00334. The monoisotopic (exact) mass is 631 g/mol. The summed E-state index contributed by atoms with van der Waals surface area (Å²) in [5.41, 5.74) is 7.55. The Morgan fingerprint density at radius 3 is 1.98 bits per heavy atom. The molecule has 234 valence electrons. The number of anilines is 1. The van der Waals surface area contributed by atoms with Crippen molar-refractivity contribution in [3.63, 3.8) is 0 Å². The number of rotatable bonds is 10. The molecule has 0 aliphatic heterocycles.